The van der Waals surface area contributed by atoms with Gasteiger partial charge in [0.05, 0.1) is 12.4 Å². The minimum atomic E-state index is -0.204. The van der Waals surface area contributed by atoms with E-state index in [1.807, 2.05) is 13.8 Å². The number of hydrogen-bond acceptors (Lipinski definition) is 2. The highest BCUT2D eigenvalue weighted by Crippen LogP contribution is 2.37. The van der Waals surface area contributed by atoms with Gasteiger partial charge in [-0.2, -0.15) is 0 Å². The highest BCUT2D eigenvalue weighted by atomic mass is 16.5. The summed E-state index contributed by atoms with van der Waals surface area (Å²) in [4.78, 5) is 11.8. The Morgan fingerprint density at radius 2 is 2.29 bits per heavy atom. The first kappa shape index (κ1) is 11.3. The summed E-state index contributed by atoms with van der Waals surface area (Å²) in [5.74, 6) is 1.13. The summed E-state index contributed by atoms with van der Waals surface area (Å²) < 4.78 is 5.31. The first-order valence-corrected chi connectivity index (χ1v) is 5.42. The van der Waals surface area contributed by atoms with Crippen molar-refractivity contribution in [3.63, 3.8) is 0 Å². The molecule has 0 aromatic carbocycles. The monoisotopic (exact) mass is 196 g/mol. The van der Waals surface area contributed by atoms with Crippen molar-refractivity contribution >= 4 is 5.78 Å². The van der Waals surface area contributed by atoms with Crippen LogP contribution in [0.1, 0.15) is 46.0 Å². The van der Waals surface area contributed by atoms with E-state index in [4.69, 9.17) is 4.74 Å². The summed E-state index contributed by atoms with van der Waals surface area (Å²) in [6, 6.07) is 0. The first-order valence-electron chi connectivity index (χ1n) is 5.42. The lowest BCUT2D eigenvalue weighted by Gasteiger charge is -2.32. The molecule has 1 saturated carbocycles. The largest absolute Gasteiger partial charge is 0.499 e. The molecule has 1 aliphatic carbocycles. The molecule has 0 N–H and O–H groups in total. The van der Waals surface area contributed by atoms with Gasteiger partial charge in [-0.05, 0) is 19.8 Å². The molecule has 1 rings (SSSR count). The van der Waals surface area contributed by atoms with Crippen molar-refractivity contribution in [2.75, 3.05) is 6.61 Å². The van der Waals surface area contributed by atoms with Crippen LogP contribution < -0.4 is 0 Å². The summed E-state index contributed by atoms with van der Waals surface area (Å²) in [6.07, 6.45) is 4.62. The van der Waals surface area contributed by atoms with Crippen molar-refractivity contribution in [2.45, 2.75) is 46.0 Å². The van der Waals surface area contributed by atoms with Crippen LogP contribution in [0.5, 0.6) is 0 Å². The minimum Gasteiger partial charge on any atom is -0.499 e. The van der Waals surface area contributed by atoms with Gasteiger partial charge in [-0.25, -0.2) is 0 Å². The van der Waals surface area contributed by atoms with E-state index < -0.39 is 0 Å². The SMILES string of the molecule is C=C(CC1(C)CCCCC1=O)OCC. The molecule has 0 aromatic heterocycles. The zero-order valence-corrected chi connectivity index (χ0v) is 9.27. The second-order valence-electron chi connectivity index (χ2n) is 4.34. The minimum absolute atomic E-state index is 0.204. The summed E-state index contributed by atoms with van der Waals surface area (Å²) in [6.45, 7) is 8.47. The molecule has 14 heavy (non-hydrogen) atoms. The Kier molecular flexibility index (Phi) is 3.73. The number of Topliss-reactive ketones (excluding diaryl/α,β-unsaturated/α-hetero) is 1. The van der Waals surface area contributed by atoms with Gasteiger partial charge in [0.15, 0.2) is 0 Å². The normalized spacial score (nSPS) is 27.4. The number of rotatable bonds is 4. The predicted octanol–water partition coefficient (Wildman–Crippen LogP) is 3.08. The van der Waals surface area contributed by atoms with Gasteiger partial charge in [0, 0.05) is 18.3 Å². The average Bonchev–Trinajstić information content (AvgIpc) is 2.10. The van der Waals surface area contributed by atoms with Crippen LogP contribution in [0.2, 0.25) is 0 Å². The maximum absolute atomic E-state index is 11.8. The molecule has 1 unspecified atom stereocenters. The van der Waals surface area contributed by atoms with Crippen LogP contribution >= 0.6 is 0 Å². The number of ether oxygens (including phenoxy) is 1. The van der Waals surface area contributed by atoms with Crippen molar-refractivity contribution in [3.8, 4) is 0 Å². The number of allylic oxidation sites excluding steroid dienone is 1. The van der Waals surface area contributed by atoms with Crippen LogP contribution in [0.4, 0.5) is 0 Å². The first-order chi connectivity index (χ1) is 6.58. The molecule has 0 heterocycles. The molecule has 0 bridgehead atoms. The van der Waals surface area contributed by atoms with E-state index in [9.17, 15) is 4.79 Å². The number of ketones is 1. The number of carbonyl (C=O) groups is 1. The molecule has 2 heteroatoms. The second-order valence-corrected chi connectivity index (χ2v) is 4.34. The fourth-order valence-corrected chi connectivity index (χ4v) is 2.12. The zero-order valence-electron chi connectivity index (χ0n) is 9.27. The summed E-state index contributed by atoms with van der Waals surface area (Å²) in [5, 5.41) is 0. The quantitative estimate of drug-likeness (QED) is 0.646. The van der Waals surface area contributed by atoms with E-state index in [2.05, 4.69) is 6.58 Å². The lowest BCUT2D eigenvalue weighted by atomic mass is 9.72. The molecule has 0 aromatic rings. The van der Waals surface area contributed by atoms with Crippen LogP contribution in [0.15, 0.2) is 12.3 Å². The topological polar surface area (TPSA) is 26.3 Å². The van der Waals surface area contributed by atoms with Crippen molar-refractivity contribution in [1.29, 1.82) is 0 Å². The lowest BCUT2D eigenvalue weighted by Crippen LogP contribution is -2.31. The molecule has 0 radical (unpaired) electrons. The summed E-state index contributed by atoms with van der Waals surface area (Å²) in [5.41, 5.74) is -0.204. The Hall–Kier alpha value is -0.790. The third-order valence-electron chi connectivity index (χ3n) is 2.99. The smallest absolute Gasteiger partial charge is 0.139 e. The third-order valence-corrected chi connectivity index (χ3v) is 2.99. The van der Waals surface area contributed by atoms with Gasteiger partial charge in [0.1, 0.15) is 5.78 Å². The molecule has 2 nitrogen and oxygen atoms in total. The van der Waals surface area contributed by atoms with E-state index in [1.165, 1.54) is 0 Å². The van der Waals surface area contributed by atoms with E-state index in [0.29, 0.717) is 18.8 Å². The van der Waals surface area contributed by atoms with Crippen molar-refractivity contribution in [2.24, 2.45) is 5.41 Å². The highest BCUT2D eigenvalue weighted by molar-refractivity contribution is 5.85. The average molecular weight is 196 g/mol. The van der Waals surface area contributed by atoms with Gasteiger partial charge < -0.3 is 4.74 Å². The fraction of sp³-hybridized carbons (Fsp3) is 0.750. The van der Waals surface area contributed by atoms with E-state index >= 15 is 0 Å². The van der Waals surface area contributed by atoms with Crippen LogP contribution in [0.3, 0.4) is 0 Å². The molecule has 0 aliphatic heterocycles. The lowest BCUT2D eigenvalue weighted by molar-refractivity contribution is -0.130. The molecule has 0 amide bonds. The van der Waals surface area contributed by atoms with Gasteiger partial charge in [0.25, 0.3) is 0 Å². The van der Waals surface area contributed by atoms with Crippen LogP contribution in [-0.2, 0) is 9.53 Å². The standard InChI is InChI=1S/C12H20O2/c1-4-14-10(2)9-12(3)8-6-5-7-11(12)13/h2,4-9H2,1,3H3. The van der Waals surface area contributed by atoms with Crippen molar-refractivity contribution in [3.05, 3.63) is 12.3 Å². The van der Waals surface area contributed by atoms with Gasteiger partial charge in [0.2, 0.25) is 0 Å². The number of hydrogen-bond donors (Lipinski definition) is 0. The fourth-order valence-electron chi connectivity index (χ4n) is 2.12. The predicted molar refractivity (Wildman–Crippen MR) is 57.0 cm³/mol. The van der Waals surface area contributed by atoms with Crippen LogP contribution in [0.25, 0.3) is 0 Å². The van der Waals surface area contributed by atoms with Crippen molar-refractivity contribution in [1.82, 2.24) is 0 Å². The Labute approximate surface area is 86.3 Å². The van der Waals surface area contributed by atoms with Crippen LogP contribution in [-0.4, -0.2) is 12.4 Å². The third kappa shape index (κ3) is 2.60. The summed E-state index contributed by atoms with van der Waals surface area (Å²) in [7, 11) is 0. The van der Waals surface area contributed by atoms with E-state index in [-0.39, 0.29) is 5.41 Å². The van der Waals surface area contributed by atoms with E-state index in [1.54, 1.807) is 0 Å². The van der Waals surface area contributed by atoms with Gasteiger partial charge in [-0.15, -0.1) is 0 Å². The summed E-state index contributed by atoms with van der Waals surface area (Å²) >= 11 is 0. The van der Waals surface area contributed by atoms with Crippen molar-refractivity contribution < 1.29 is 9.53 Å². The zero-order chi connectivity index (χ0) is 10.6. The Morgan fingerprint density at radius 1 is 1.57 bits per heavy atom. The maximum Gasteiger partial charge on any atom is 0.139 e. The molecule has 0 saturated heterocycles. The second kappa shape index (κ2) is 4.63. The molecule has 80 valence electrons. The van der Waals surface area contributed by atoms with Gasteiger partial charge in [-0.1, -0.05) is 19.9 Å². The molecule has 1 aliphatic rings. The van der Waals surface area contributed by atoms with Gasteiger partial charge in [-0.3, -0.25) is 4.79 Å². The van der Waals surface area contributed by atoms with Gasteiger partial charge >= 0.3 is 0 Å². The highest BCUT2D eigenvalue weighted by Gasteiger charge is 2.35. The molecular weight excluding hydrogens is 176 g/mol. The van der Waals surface area contributed by atoms with E-state index in [0.717, 1.165) is 31.4 Å². The van der Waals surface area contributed by atoms with Crippen LogP contribution in [0, 0.1) is 5.41 Å². The molecule has 1 atom stereocenters. The number of carbonyl (C=O) groups excluding carboxylic acids is 1. The Balaban J connectivity index is 2.55. The Morgan fingerprint density at radius 3 is 2.86 bits per heavy atom. The maximum atomic E-state index is 11.8. The molecule has 0 spiro atoms. The molecule has 1 fully saturated rings. The Bertz CT molecular complexity index is 232. The molecular formula is C12H20O2.